The second-order valence-electron chi connectivity index (χ2n) is 5.62. The van der Waals surface area contributed by atoms with Crippen LogP contribution in [0.2, 0.25) is 0 Å². The molecule has 0 radical (unpaired) electrons. The zero-order valence-corrected chi connectivity index (χ0v) is 14.1. The van der Waals surface area contributed by atoms with Crippen LogP contribution in [0, 0.1) is 12.8 Å². The minimum atomic E-state index is -3.87. The van der Waals surface area contributed by atoms with E-state index < -0.39 is 15.9 Å². The molecule has 2 N–H and O–H groups in total. The monoisotopic (exact) mass is 336 g/mol. The molecule has 0 aliphatic carbocycles. The number of carbonyl (C=O) groups excluding carboxylic acids is 1. The maximum Gasteiger partial charge on any atom is 0.266 e. The van der Waals surface area contributed by atoms with Crippen molar-refractivity contribution in [3.63, 3.8) is 0 Å². The first-order valence-electron chi connectivity index (χ1n) is 7.21. The lowest BCUT2D eigenvalue weighted by molar-refractivity contribution is 0.0945. The molecule has 1 heterocycles. The van der Waals surface area contributed by atoms with Crippen molar-refractivity contribution in [2.75, 3.05) is 0 Å². The van der Waals surface area contributed by atoms with Gasteiger partial charge in [0.05, 0.1) is 5.69 Å². The number of sulfonamides is 1. The van der Waals surface area contributed by atoms with E-state index >= 15 is 0 Å². The van der Waals surface area contributed by atoms with Crippen molar-refractivity contribution in [3.05, 3.63) is 47.8 Å². The molecular formula is C15H20N4O3S. The molecule has 0 unspecified atom stereocenters. The third-order valence-electron chi connectivity index (χ3n) is 3.08. The standard InChI is InChI=1S/C15H20N4O3S/c1-11(2)9-19-10-14(12(3)17-19)23(21,22)18-16-15(20)13-7-5-4-6-8-13/h4-8,10-11,18H,9H2,1-3H3,(H,16,20). The summed E-state index contributed by atoms with van der Waals surface area (Å²) in [6.07, 6.45) is 1.46. The van der Waals surface area contributed by atoms with E-state index in [4.69, 9.17) is 0 Å². The van der Waals surface area contributed by atoms with Gasteiger partial charge >= 0.3 is 0 Å². The number of amides is 1. The fourth-order valence-corrected chi connectivity index (χ4v) is 3.09. The summed E-state index contributed by atoms with van der Waals surface area (Å²) >= 11 is 0. The molecule has 7 nitrogen and oxygen atoms in total. The Labute approximate surface area is 135 Å². The topological polar surface area (TPSA) is 93.1 Å². The van der Waals surface area contributed by atoms with Gasteiger partial charge in [-0.3, -0.25) is 14.9 Å². The third kappa shape index (κ3) is 4.40. The Hall–Kier alpha value is -2.19. The molecule has 1 amide bonds. The van der Waals surface area contributed by atoms with Gasteiger partial charge in [-0.2, -0.15) is 5.10 Å². The van der Waals surface area contributed by atoms with Crippen LogP contribution in [0.1, 0.15) is 29.9 Å². The lowest BCUT2D eigenvalue weighted by Gasteiger charge is -2.07. The summed E-state index contributed by atoms with van der Waals surface area (Å²) in [5.74, 6) is -0.183. The van der Waals surface area contributed by atoms with E-state index in [1.165, 1.54) is 6.20 Å². The van der Waals surface area contributed by atoms with Gasteiger partial charge in [0.15, 0.2) is 0 Å². The predicted octanol–water partition coefficient (Wildman–Crippen LogP) is 1.47. The zero-order valence-electron chi connectivity index (χ0n) is 13.3. The van der Waals surface area contributed by atoms with Gasteiger partial charge in [0.2, 0.25) is 0 Å². The quantitative estimate of drug-likeness (QED) is 0.781. The van der Waals surface area contributed by atoms with Gasteiger partial charge < -0.3 is 0 Å². The molecule has 0 spiro atoms. The summed E-state index contributed by atoms with van der Waals surface area (Å²) in [5, 5.41) is 4.19. The van der Waals surface area contributed by atoms with E-state index in [9.17, 15) is 13.2 Å². The number of carbonyl (C=O) groups is 1. The first-order valence-corrected chi connectivity index (χ1v) is 8.69. The average molecular weight is 336 g/mol. The van der Waals surface area contributed by atoms with Crippen LogP contribution in [0.15, 0.2) is 41.4 Å². The molecular weight excluding hydrogens is 316 g/mol. The normalized spacial score (nSPS) is 11.7. The van der Waals surface area contributed by atoms with Crippen LogP contribution in [0.25, 0.3) is 0 Å². The second kappa shape index (κ2) is 6.93. The van der Waals surface area contributed by atoms with Crippen LogP contribution in [0.4, 0.5) is 0 Å². The molecule has 1 aromatic heterocycles. The van der Waals surface area contributed by atoms with E-state index in [0.717, 1.165) is 0 Å². The van der Waals surface area contributed by atoms with E-state index in [1.54, 1.807) is 41.9 Å². The molecule has 0 aliphatic rings. The van der Waals surface area contributed by atoms with Crippen LogP contribution in [-0.4, -0.2) is 24.1 Å². The molecule has 0 fully saturated rings. The van der Waals surface area contributed by atoms with Crippen molar-refractivity contribution in [1.82, 2.24) is 20.0 Å². The Morgan fingerprint density at radius 1 is 1.26 bits per heavy atom. The maximum atomic E-state index is 12.3. The Morgan fingerprint density at radius 2 is 1.91 bits per heavy atom. The van der Waals surface area contributed by atoms with Crippen LogP contribution >= 0.6 is 0 Å². The highest BCUT2D eigenvalue weighted by Crippen LogP contribution is 2.13. The molecule has 8 heteroatoms. The van der Waals surface area contributed by atoms with Gasteiger partial charge in [-0.15, -0.1) is 4.83 Å². The van der Waals surface area contributed by atoms with Crippen molar-refractivity contribution >= 4 is 15.9 Å². The molecule has 23 heavy (non-hydrogen) atoms. The predicted molar refractivity (Wildman–Crippen MR) is 86.0 cm³/mol. The number of hydrazine groups is 1. The highest BCUT2D eigenvalue weighted by atomic mass is 32.2. The van der Waals surface area contributed by atoms with Crippen molar-refractivity contribution < 1.29 is 13.2 Å². The fourth-order valence-electron chi connectivity index (χ4n) is 2.06. The smallest absolute Gasteiger partial charge is 0.266 e. The van der Waals surface area contributed by atoms with Gasteiger partial charge in [0, 0.05) is 18.3 Å². The van der Waals surface area contributed by atoms with E-state index in [-0.39, 0.29) is 4.90 Å². The Bertz CT molecular complexity index is 782. The number of hydrogen-bond acceptors (Lipinski definition) is 4. The maximum absolute atomic E-state index is 12.3. The summed E-state index contributed by atoms with van der Waals surface area (Å²) in [4.78, 5) is 14.0. The SMILES string of the molecule is Cc1nn(CC(C)C)cc1S(=O)(=O)NNC(=O)c1ccccc1. The van der Waals surface area contributed by atoms with Gasteiger partial charge in [-0.25, -0.2) is 8.42 Å². The lowest BCUT2D eigenvalue weighted by atomic mass is 10.2. The number of benzene rings is 1. The van der Waals surface area contributed by atoms with Crippen LogP contribution in [0.3, 0.4) is 0 Å². The molecule has 0 aliphatic heterocycles. The van der Waals surface area contributed by atoms with Gasteiger partial charge in [0.1, 0.15) is 4.90 Å². The average Bonchev–Trinajstić information content (AvgIpc) is 2.86. The van der Waals surface area contributed by atoms with Crippen molar-refractivity contribution in [3.8, 4) is 0 Å². The van der Waals surface area contributed by atoms with Gasteiger partial charge in [-0.05, 0) is 25.0 Å². The van der Waals surface area contributed by atoms with Crippen molar-refractivity contribution in [1.29, 1.82) is 0 Å². The molecule has 1 aromatic carbocycles. The first-order chi connectivity index (χ1) is 10.8. The summed E-state index contributed by atoms with van der Waals surface area (Å²) in [7, 11) is -3.87. The van der Waals surface area contributed by atoms with E-state index in [1.807, 2.05) is 13.8 Å². The van der Waals surface area contributed by atoms with Crippen LogP contribution in [0.5, 0.6) is 0 Å². The largest absolute Gasteiger partial charge is 0.273 e. The number of nitrogens with zero attached hydrogens (tertiary/aromatic N) is 2. The third-order valence-corrected chi connectivity index (χ3v) is 4.43. The number of nitrogens with one attached hydrogen (secondary N) is 2. The van der Waals surface area contributed by atoms with E-state index in [2.05, 4.69) is 15.4 Å². The molecule has 0 atom stereocenters. The molecule has 0 saturated heterocycles. The molecule has 0 bridgehead atoms. The molecule has 0 saturated carbocycles. The minimum absolute atomic E-state index is 0.0477. The minimum Gasteiger partial charge on any atom is -0.273 e. The zero-order chi connectivity index (χ0) is 17.0. The number of rotatable bonds is 6. The van der Waals surface area contributed by atoms with E-state index in [0.29, 0.717) is 23.7 Å². The van der Waals surface area contributed by atoms with Crippen molar-refractivity contribution in [2.24, 2.45) is 5.92 Å². The first kappa shape index (κ1) is 17.2. The highest BCUT2D eigenvalue weighted by molar-refractivity contribution is 7.89. The Morgan fingerprint density at radius 3 is 2.52 bits per heavy atom. The van der Waals surface area contributed by atoms with Gasteiger partial charge in [-0.1, -0.05) is 32.0 Å². The Balaban J connectivity index is 2.10. The van der Waals surface area contributed by atoms with Crippen LogP contribution < -0.4 is 10.3 Å². The van der Waals surface area contributed by atoms with Crippen LogP contribution in [-0.2, 0) is 16.6 Å². The summed E-state index contributed by atoms with van der Waals surface area (Å²) in [6, 6.07) is 8.35. The number of hydrogen-bond donors (Lipinski definition) is 2. The lowest BCUT2D eigenvalue weighted by Crippen LogP contribution is -2.41. The fraction of sp³-hybridized carbons (Fsp3) is 0.333. The number of aryl methyl sites for hydroxylation is 1. The number of aromatic nitrogens is 2. The Kier molecular flexibility index (Phi) is 5.17. The van der Waals surface area contributed by atoms with Gasteiger partial charge in [0.25, 0.3) is 15.9 Å². The highest BCUT2D eigenvalue weighted by Gasteiger charge is 2.21. The summed E-state index contributed by atoms with van der Waals surface area (Å²) in [5.41, 5.74) is 2.95. The van der Waals surface area contributed by atoms with Crippen molar-refractivity contribution in [2.45, 2.75) is 32.2 Å². The summed E-state index contributed by atoms with van der Waals surface area (Å²) < 4.78 is 26.2. The second-order valence-corrected chi connectivity index (χ2v) is 7.27. The molecule has 2 aromatic rings. The summed E-state index contributed by atoms with van der Waals surface area (Å²) in [6.45, 7) is 6.27. The molecule has 124 valence electrons. The molecule has 2 rings (SSSR count).